The van der Waals surface area contributed by atoms with E-state index >= 15 is 0 Å². The molecule has 1 atom stereocenters. The summed E-state index contributed by atoms with van der Waals surface area (Å²) < 4.78 is 5.49. The van der Waals surface area contributed by atoms with Gasteiger partial charge in [0.15, 0.2) is 0 Å². The van der Waals surface area contributed by atoms with Gasteiger partial charge in [-0.05, 0) is 24.0 Å². The average Bonchev–Trinajstić information content (AvgIpc) is 2.76. The fourth-order valence-electron chi connectivity index (χ4n) is 1.90. The molecule has 0 fully saturated rings. The van der Waals surface area contributed by atoms with Crippen molar-refractivity contribution in [2.75, 3.05) is 0 Å². The molecule has 0 saturated carbocycles. The highest BCUT2D eigenvalue weighted by Gasteiger charge is 2.28. The molecule has 0 spiro atoms. The predicted octanol–water partition coefficient (Wildman–Crippen LogP) is 4.33. The largest absolute Gasteiger partial charge is 0.466 e. The zero-order valence-electron chi connectivity index (χ0n) is 11.4. The number of aliphatic hydroxyl groups excluding tert-OH is 1. The minimum atomic E-state index is -0.608. The molecule has 2 heteroatoms. The Morgan fingerprint density at radius 3 is 2.22 bits per heavy atom. The van der Waals surface area contributed by atoms with Crippen LogP contribution in [-0.2, 0) is 0 Å². The van der Waals surface area contributed by atoms with E-state index in [4.69, 9.17) is 4.42 Å². The lowest BCUT2D eigenvalue weighted by molar-refractivity contribution is 0.0440. The molecule has 1 aromatic heterocycles. The smallest absolute Gasteiger partial charge is 0.140 e. The van der Waals surface area contributed by atoms with Crippen LogP contribution in [0.5, 0.6) is 0 Å². The number of rotatable bonds is 2. The first-order valence-electron chi connectivity index (χ1n) is 6.22. The quantitative estimate of drug-likeness (QED) is 0.852. The van der Waals surface area contributed by atoms with Crippen molar-refractivity contribution >= 4 is 0 Å². The molecular weight excluding hydrogens is 224 g/mol. The average molecular weight is 244 g/mol. The first-order chi connectivity index (χ1) is 8.39. The second-order valence-corrected chi connectivity index (χ2v) is 5.83. The summed E-state index contributed by atoms with van der Waals surface area (Å²) in [5, 5.41) is 10.3. The molecule has 96 valence electrons. The Bertz CT molecular complexity index is 515. The van der Waals surface area contributed by atoms with Crippen LogP contribution >= 0.6 is 0 Å². The lowest BCUT2D eigenvalue weighted by atomic mass is 9.85. The van der Waals surface area contributed by atoms with Crippen molar-refractivity contribution < 1.29 is 9.52 Å². The molecule has 0 aliphatic heterocycles. The number of hydrogen-bond donors (Lipinski definition) is 1. The molecule has 0 saturated heterocycles. The maximum atomic E-state index is 10.3. The highest BCUT2D eigenvalue weighted by molar-refractivity contribution is 5.66. The van der Waals surface area contributed by atoms with E-state index in [1.807, 2.05) is 26.8 Å². The Morgan fingerprint density at radius 1 is 1.06 bits per heavy atom. The summed E-state index contributed by atoms with van der Waals surface area (Å²) in [5.74, 6) is 0.645. The maximum absolute atomic E-state index is 10.3. The molecule has 1 N–H and O–H groups in total. The summed E-state index contributed by atoms with van der Waals surface area (Å²) in [7, 11) is 0. The summed E-state index contributed by atoms with van der Waals surface area (Å²) in [4.78, 5) is 0. The van der Waals surface area contributed by atoms with Crippen LogP contribution in [0.3, 0.4) is 0 Å². The molecule has 2 rings (SSSR count). The van der Waals surface area contributed by atoms with Crippen LogP contribution in [-0.4, -0.2) is 5.11 Å². The Kier molecular flexibility index (Phi) is 3.31. The molecule has 1 aromatic carbocycles. The van der Waals surface area contributed by atoms with Gasteiger partial charge in [0.25, 0.3) is 0 Å². The van der Waals surface area contributed by atoms with Crippen LogP contribution in [0.25, 0.3) is 11.1 Å². The molecular formula is C16H20O2. The van der Waals surface area contributed by atoms with Gasteiger partial charge in [-0.3, -0.25) is 0 Å². The van der Waals surface area contributed by atoms with Gasteiger partial charge in [-0.2, -0.15) is 0 Å². The minimum absolute atomic E-state index is 0.239. The highest BCUT2D eigenvalue weighted by atomic mass is 16.4. The van der Waals surface area contributed by atoms with E-state index in [9.17, 15) is 5.11 Å². The second kappa shape index (κ2) is 4.62. The SMILES string of the molecule is Cc1ccc(-c2ccoc2[C@H](O)C(C)(C)C)cc1. The first-order valence-corrected chi connectivity index (χ1v) is 6.22. The van der Waals surface area contributed by atoms with Gasteiger partial charge in [0.05, 0.1) is 6.26 Å². The van der Waals surface area contributed by atoms with Gasteiger partial charge < -0.3 is 9.52 Å². The lowest BCUT2D eigenvalue weighted by Crippen LogP contribution is -2.17. The number of furan rings is 1. The van der Waals surface area contributed by atoms with E-state index in [-0.39, 0.29) is 5.41 Å². The third-order valence-electron chi connectivity index (χ3n) is 3.13. The molecule has 18 heavy (non-hydrogen) atoms. The number of aliphatic hydroxyl groups is 1. The highest BCUT2D eigenvalue weighted by Crippen LogP contribution is 2.38. The van der Waals surface area contributed by atoms with Crippen molar-refractivity contribution in [2.24, 2.45) is 5.41 Å². The zero-order valence-corrected chi connectivity index (χ0v) is 11.4. The summed E-state index contributed by atoms with van der Waals surface area (Å²) >= 11 is 0. The summed E-state index contributed by atoms with van der Waals surface area (Å²) in [6.07, 6.45) is 1.03. The van der Waals surface area contributed by atoms with Gasteiger partial charge in [0.1, 0.15) is 11.9 Å². The Balaban J connectivity index is 2.42. The normalized spacial score (nSPS) is 13.6. The van der Waals surface area contributed by atoms with Gasteiger partial charge in [-0.25, -0.2) is 0 Å². The van der Waals surface area contributed by atoms with Gasteiger partial charge in [-0.1, -0.05) is 50.6 Å². The van der Waals surface area contributed by atoms with Crippen molar-refractivity contribution in [3.05, 3.63) is 47.9 Å². The topological polar surface area (TPSA) is 33.4 Å². The fourth-order valence-corrected chi connectivity index (χ4v) is 1.90. The van der Waals surface area contributed by atoms with Crippen LogP contribution in [0.2, 0.25) is 0 Å². The third-order valence-corrected chi connectivity index (χ3v) is 3.13. The lowest BCUT2D eigenvalue weighted by Gasteiger charge is -2.25. The van der Waals surface area contributed by atoms with Gasteiger partial charge in [-0.15, -0.1) is 0 Å². The molecule has 0 radical (unpaired) electrons. The van der Waals surface area contributed by atoms with Crippen molar-refractivity contribution in [2.45, 2.75) is 33.8 Å². The molecule has 0 bridgehead atoms. The number of hydrogen-bond acceptors (Lipinski definition) is 2. The van der Waals surface area contributed by atoms with Gasteiger partial charge >= 0.3 is 0 Å². The summed E-state index contributed by atoms with van der Waals surface area (Å²) in [6.45, 7) is 8.06. The van der Waals surface area contributed by atoms with Crippen LogP contribution in [0.15, 0.2) is 41.0 Å². The molecule has 0 amide bonds. The summed E-state index contributed by atoms with van der Waals surface area (Å²) in [5.41, 5.74) is 3.03. The molecule has 2 aromatic rings. The van der Waals surface area contributed by atoms with Crippen molar-refractivity contribution in [3.8, 4) is 11.1 Å². The van der Waals surface area contributed by atoms with Crippen LogP contribution < -0.4 is 0 Å². The van der Waals surface area contributed by atoms with Crippen molar-refractivity contribution in [3.63, 3.8) is 0 Å². The van der Waals surface area contributed by atoms with Gasteiger partial charge in [0, 0.05) is 5.56 Å². The standard InChI is InChI=1S/C16H20O2/c1-11-5-7-12(8-6-11)13-9-10-18-14(13)15(17)16(2,3)4/h5-10,15,17H,1-4H3/t15-/m0/s1. The fraction of sp³-hybridized carbons (Fsp3) is 0.375. The van der Waals surface area contributed by atoms with Crippen LogP contribution in [0.1, 0.15) is 38.2 Å². The Morgan fingerprint density at radius 2 is 1.67 bits per heavy atom. The second-order valence-electron chi connectivity index (χ2n) is 5.83. The van der Waals surface area contributed by atoms with Crippen molar-refractivity contribution in [1.82, 2.24) is 0 Å². The minimum Gasteiger partial charge on any atom is -0.466 e. The molecule has 2 nitrogen and oxygen atoms in total. The van der Waals surface area contributed by atoms with E-state index in [2.05, 4.69) is 31.2 Å². The summed E-state index contributed by atoms with van der Waals surface area (Å²) in [6, 6.07) is 10.2. The van der Waals surface area contributed by atoms with Crippen LogP contribution in [0.4, 0.5) is 0 Å². The molecule has 0 aliphatic carbocycles. The molecule has 1 heterocycles. The van der Waals surface area contributed by atoms with E-state index in [1.54, 1.807) is 6.26 Å². The first kappa shape index (κ1) is 12.9. The van der Waals surface area contributed by atoms with E-state index < -0.39 is 6.10 Å². The number of aryl methyl sites for hydroxylation is 1. The Hall–Kier alpha value is -1.54. The molecule has 0 aliphatic rings. The third kappa shape index (κ3) is 2.49. The van der Waals surface area contributed by atoms with Crippen molar-refractivity contribution in [1.29, 1.82) is 0 Å². The zero-order chi connectivity index (χ0) is 13.3. The van der Waals surface area contributed by atoms with Crippen LogP contribution in [0, 0.1) is 12.3 Å². The predicted molar refractivity (Wildman–Crippen MR) is 73.3 cm³/mol. The van der Waals surface area contributed by atoms with E-state index in [0.717, 1.165) is 11.1 Å². The monoisotopic (exact) mass is 244 g/mol. The molecule has 0 unspecified atom stereocenters. The van der Waals surface area contributed by atoms with E-state index in [0.29, 0.717) is 5.76 Å². The maximum Gasteiger partial charge on any atom is 0.140 e. The van der Waals surface area contributed by atoms with Gasteiger partial charge in [0.2, 0.25) is 0 Å². The number of benzene rings is 1. The van der Waals surface area contributed by atoms with E-state index in [1.165, 1.54) is 5.56 Å². The Labute approximate surface area is 108 Å².